The van der Waals surface area contributed by atoms with Gasteiger partial charge in [0.15, 0.2) is 0 Å². The maximum Gasteiger partial charge on any atom is 0.264 e. The van der Waals surface area contributed by atoms with Gasteiger partial charge in [0, 0.05) is 19.2 Å². The molecule has 1 aliphatic rings. The molecule has 1 aromatic heterocycles. The molecule has 2 aromatic carbocycles. The quantitative estimate of drug-likeness (QED) is 0.479. The van der Waals surface area contributed by atoms with Gasteiger partial charge >= 0.3 is 0 Å². The lowest BCUT2D eigenvalue weighted by Gasteiger charge is -2.33. The van der Waals surface area contributed by atoms with Crippen LogP contribution in [0.5, 0.6) is 5.75 Å². The van der Waals surface area contributed by atoms with Gasteiger partial charge in [-0.05, 0) is 74.5 Å². The summed E-state index contributed by atoms with van der Waals surface area (Å²) in [6, 6.07) is 16.6. The number of furan rings is 1. The molecule has 1 atom stereocenters. The number of rotatable bonds is 9. The minimum absolute atomic E-state index is 0.0385. The number of ether oxygens (including phenoxy) is 1. The lowest BCUT2D eigenvalue weighted by molar-refractivity contribution is 0.0914. The molecular formula is C26H31N3O5S. The molecular weight excluding hydrogens is 466 g/mol. The van der Waals surface area contributed by atoms with Crippen LogP contribution in [0.4, 0.5) is 5.69 Å². The minimum Gasteiger partial charge on any atom is -0.495 e. The molecule has 4 rings (SSSR count). The average molecular weight is 498 g/mol. The van der Waals surface area contributed by atoms with Crippen LogP contribution >= 0.6 is 0 Å². The number of benzene rings is 2. The standard InChI is InChI=1S/C26H31N3O5S/c1-28(22-9-4-5-10-24(22)33-2)35(31,32)21-14-12-20(13-15-21)26(30)27-19-23(25-11-8-18-34-25)29-16-6-3-7-17-29/h4-5,8-15,18,23H,3,6-7,16-17,19H2,1-2H3,(H,27,30)/t23-/m0/s1. The summed E-state index contributed by atoms with van der Waals surface area (Å²) >= 11 is 0. The van der Waals surface area contributed by atoms with Crippen LogP contribution in [0.25, 0.3) is 0 Å². The van der Waals surface area contributed by atoms with Crippen molar-refractivity contribution < 1.29 is 22.4 Å². The van der Waals surface area contributed by atoms with E-state index in [0.29, 0.717) is 23.5 Å². The fourth-order valence-electron chi connectivity index (χ4n) is 4.37. The molecule has 1 fully saturated rings. The summed E-state index contributed by atoms with van der Waals surface area (Å²) in [4.78, 5) is 15.3. The number of nitrogens with one attached hydrogen (secondary N) is 1. The largest absolute Gasteiger partial charge is 0.495 e. The van der Waals surface area contributed by atoms with Crippen molar-refractivity contribution in [3.8, 4) is 5.75 Å². The van der Waals surface area contributed by atoms with E-state index in [1.165, 1.54) is 49.1 Å². The van der Waals surface area contributed by atoms with Crippen LogP contribution in [0.3, 0.4) is 0 Å². The summed E-state index contributed by atoms with van der Waals surface area (Å²) in [6.07, 6.45) is 5.12. The van der Waals surface area contributed by atoms with Gasteiger partial charge in [-0.1, -0.05) is 18.6 Å². The average Bonchev–Trinajstić information content (AvgIpc) is 3.43. The number of sulfonamides is 1. The second-order valence-corrected chi connectivity index (χ2v) is 10.5. The molecule has 9 heteroatoms. The minimum atomic E-state index is -3.83. The molecule has 8 nitrogen and oxygen atoms in total. The zero-order valence-electron chi connectivity index (χ0n) is 20.0. The lowest BCUT2D eigenvalue weighted by Crippen LogP contribution is -2.40. The number of para-hydroxylation sites is 2. The number of anilines is 1. The second-order valence-electron chi connectivity index (χ2n) is 8.51. The monoisotopic (exact) mass is 497 g/mol. The zero-order chi connectivity index (χ0) is 24.8. The first-order valence-corrected chi connectivity index (χ1v) is 13.1. The summed E-state index contributed by atoms with van der Waals surface area (Å²) in [7, 11) is -0.865. The second kappa shape index (κ2) is 11.0. The van der Waals surface area contributed by atoms with E-state index in [9.17, 15) is 13.2 Å². The van der Waals surface area contributed by atoms with Gasteiger partial charge in [0.1, 0.15) is 11.5 Å². The Morgan fingerprint density at radius 1 is 1.06 bits per heavy atom. The third-order valence-corrected chi connectivity index (χ3v) is 8.14. The smallest absolute Gasteiger partial charge is 0.264 e. The van der Waals surface area contributed by atoms with Gasteiger partial charge in [-0.15, -0.1) is 0 Å². The van der Waals surface area contributed by atoms with Crippen LogP contribution in [-0.4, -0.2) is 53.0 Å². The van der Waals surface area contributed by atoms with E-state index in [-0.39, 0.29) is 16.8 Å². The van der Waals surface area contributed by atoms with Gasteiger partial charge in [-0.2, -0.15) is 0 Å². The highest BCUT2D eigenvalue weighted by molar-refractivity contribution is 7.92. The van der Waals surface area contributed by atoms with E-state index in [1.54, 1.807) is 30.5 Å². The maximum atomic E-state index is 13.2. The number of amides is 1. The Hall–Kier alpha value is -3.30. The highest BCUT2D eigenvalue weighted by atomic mass is 32.2. The number of nitrogens with zero attached hydrogens (tertiary/aromatic N) is 2. The van der Waals surface area contributed by atoms with Crippen molar-refractivity contribution in [2.24, 2.45) is 0 Å². The molecule has 0 bridgehead atoms. The van der Waals surface area contributed by atoms with Crippen LogP contribution < -0.4 is 14.4 Å². The van der Waals surface area contributed by atoms with Crippen molar-refractivity contribution in [3.05, 3.63) is 78.3 Å². The summed E-state index contributed by atoms with van der Waals surface area (Å²) < 4.78 is 38.4. The molecule has 1 saturated heterocycles. The molecule has 0 aliphatic carbocycles. The van der Waals surface area contributed by atoms with E-state index in [4.69, 9.17) is 9.15 Å². The van der Waals surface area contributed by atoms with Crippen LogP contribution in [0.2, 0.25) is 0 Å². The van der Waals surface area contributed by atoms with Crippen LogP contribution in [0.15, 0.2) is 76.2 Å². The third kappa shape index (κ3) is 5.52. The topological polar surface area (TPSA) is 92.1 Å². The molecule has 186 valence electrons. The summed E-state index contributed by atoms with van der Waals surface area (Å²) in [5, 5.41) is 2.99. The predicted molar refractivity (Wildman–Crippen MR) is 134 cm³/mol. The molecule has 3 aromatic rings. The van der Waals surface area contributed by atoms with Gasteiger partial charge in [-0.25, -0.2) is 8.42 Å². The van der Waals surface area contributed by atoms with Gasteiger partial charge in [0.05, 0.1) is 30.0 Å². The summed E-state index contributed by atoms with van der Waals surface area (Å²) in [5.74, 6) is 1.02. The van der Waals surface area contributed by atoms with Gasteiger partial charge in [0.2, 0.25) is 0 Å². The number of carbonyl (C=O) groups excluding carboxylic acids is 1. The van der Waals surface area contributed by atoms with E-state index in [0.717, 1.165) is 31.7 Å². The SMILES string of the molecule is COc1ccccc1N(C)S(=O)(=O)c1ccc(C(=O)NC[C@@H](c2ccco2)N2CCCCC2)cc1. The number of hydrogen-bond acceptors (Lipinski definition) is 6. The van der Waals surface area contributed by atoms with E-state index in [2.05, 4.69) is 10.2 Å². The Kier molecular flexibility index (Phi) is 7.77. The Balaban J connectivity index is 1.45. The Bertz CT molecular complexity index is 1220. The Morgan fingerprint density at radius 2 is 1.77 bits per heavy atom. The summed E-state index contributed by atoms with van der Waals surface area (Å²) in [6.45, 7) is 2.34. The molecule has 1 aliphatic heterocycles. The Labute approximate surface area is 206 Å². The number of carbonyl (C=O) groups is 1. The first-order valence-electron chi connectivity index (χ1n) is 11.7. The van der Waals surface area contributed by atoms with E-state index < -0.39 is 10.0 Å². The fraction of sp³-hybridized carbons (Fsp3) is 0.346. The van der Waals surface area contributed by atoms with E-state index in [1.807, 2.05) is 12.1 Å². The number of methoxy groups -OCH3 is 1. The van der Waals surface area contributed by atoms with Crippen molar-refractivity contribution in [1.82, 2.24) is 10.2 Å². The fourth-order valence-corrected chi connectivity index (χ4v) is 5.57. The highest BCUT2D eigenvalue weighted by Crippen LogP contribution is 2.31. The summed E-state index contributed by atoms with van der Waals surface area (Å²) in [5.41, 5.74) is 0.819. The van der Waals surface area contributed by atoms with Crippen LogP contribution in [0.1, 0.15) is 41.4 Å². The first kappa shape index (κ1) is 24.8. The lowest BCUT2D eigenvalue weighted by atomic mass is 10.1. The van der Waals surface area contributed by atoms with Gasteiger partial charge < -0.3 is 14.5 Å². The first-order chi connectivity index (χ1) is 16.9. The number of hydrogen-bond donors (Lipinski definition) is 1. The van der Waals surface area contributed by atoms with Crippen LogP contribution in [0, 0.1) is 0 Å². The predicted octanol–water partition coefficient (Wildman–Crippen LogP) is 4.07. The van der Waals surface area contributed by atoms with Crippen molar-refractivity contribution >= 4 is 21.6 Å². The van der Waals surface area contributed by atoms with Gasteiger partial charge in [-0.3, -0.25) is 14.0 Å². The van der Waals surface area contributed by atoms with Crippen molar-refractivity contribution in [1.29, 1.82) is 0 Å². The third-order valence-electron chi connectivity index (χ3n) is 6.36. The van der Waals surface area contributed by atoms with Crippen molar-refractivity contribution in [3.63, 3.8) is 0 Å². The zero-order valence-corrected chi connectivity index (χ0v) is 20.8. The molecule has 0 unspecified atom stereocenters. The normalized spacial score (nSPS) is 15.4. The van der Waals surface area contributed by atoms with Crippen LogP contribution in [-0.2, 0) is 10.0 Å². The maximum absolute atomic E-state index is 13.2. The molecule has 1 N–H and O–H groups in total. The van der Waals surface area contributed by atoms with Crippen molar-refractivity contribution in [2.45, 2.75) is 30.2 Å². The molecule has 0 saturated carbocycles. The van der Waals surface area contributed by atoms with Gasteiger partial charge in [0.25, 0.3) is 15.9 Å². The molecule has 0 spiro atoms. The van der Waals surface area contributed by atoms with Crippen molar-refractivity contribution in [2.75, 3.05) is 38.1 Å². The number of piperidine rings is 1. The molecule has 0 radical (unpaired) electrons. The Morgan fingerprint density at radius 3 is 2.43 bits per heavy atom. The van der Waals surface area contributed by atoms with E-state index >= 15 is 0 Å². The highest BCUT2D eigenvalue weighted by Gasteiger charge is 2.26. The number of likely N-dealkylation sites (tertiary alicyclic amines) is 1. The molecule has 2 heterocycles. The molecule has 1 amide bonds. The molecule has 35 heavy (non-hydrogen) atoms.